The highest BCUT2D eigenvalue weighted by Gasteiger charge is 2.27. The number of benzene rings is 1. The molecule has 1 aromatic heterocycles. The minimum atomic E-state index is -0.857. The van der Waals surface area contributed by atoms with Crippen LogP contribution in [0.1, 0.15) is 24.2 Å². The van der Waals surface area contributed by atoms with Gasteiger partial charge in [0.15, 0.2) is 5.82 Å². The van der Waals surface area contributed by atoms with Gasteiger partial charge in [0.05, 0.1) is 30.1 Å². The number of hydrogen-bond acceptors (Lipinski definition) is 6. The number of anilines is 1. The number of esters is 1. The number of pyridine rings is 1. The molecule has 29 heavy (non-hydrogen) atoms. The number of carbonyl (C=O) groups excluding carboxylic acids is 1. The number of aryl methyl sites for hydroxylation is 1. The number of fused-ring (bicyclic) bond motifs is 1. The lowest BCUT2D eigenvalue weighted by Gasteiger charge is -2.35. The molecule has 1 aliphatic heterocycles. The van der Waals surface area contributed by atoms with E-state index in [2.05, 4.69) is 6.07 Å². The average Bonchev–Trinajstić information content (AvgIpc) is 2.70. The molecule has 0 spiro atoms. The summed E-state index contributed by atoms with van der Waals surface area (Å²) in [6.07, 6.45) is 1.26. The van der Waals surface area contributed by atoms with E-state index in [-0.39, 0.29) is 41.9 Å². The molecule has 9 heteroatoms. The number of piperazine rings is 1. The van der Waals surface area contributed by atoms with Crippen molar-refractivity contribution >= 4 is 22.6 Å². The molecule has 2 aromatic rings. The first-order valence-electron chi connectivity index (χ1n) is 9.49. The van der Waals surface area contributed by atoms with Crippen LogP contribution in [0, 0.1) is 23.0 Å². The molecule has 0 atom stereocenters. The van der Waals surface area contributed by atoms with Gasteiger partial charge in [-0.3, -0.25) is 9.69 Å². The molecule has 0 N–H and O–H groups in total. The second kappa shape index (κ2) is 8.57. The highest BCUT2D eigenvalue weighted by atomic mass is 19.1. The zero-order valence-electron chi connectivity index (χ0n) is 16.4. The van der Waals surface area contributed by atoms with Gasteiger partial charge in [-0.05, 0) is 19.9 Å². The molecule has 1 fully saturated rings. The third-order valence-electron chi connectivity index (χ3n) is 5.05. The zero-order valence-corrected chi connectivity index (χ0v) is 16.4. The van der Waals surface area contributed by atoms with Crippen LogP contribution in [0.5, 0.6) is 0 Å². The van der Waals surface area contributed by atoms with Crippen molar-refractivity contribution in [2.75, 3.05) is 44.2 Å². The smallest absolute Gasteiger partial charge is 0.343 e. The predicted octanol–water partition coefficient (Wildman–Crippen LogP) is 2.12. The Morgan fingerprint density at radius 2 is 1.93 bits per heavy atom. The van der Waals surface area contributed by atoms with Gasteiger partial charge in [0, 0.05) is 38.9 Å². The van der Waals surface area contributed by atoms with Gasteiger partial charge >= 0.3 is 5.97 Å². The molecule has 0 unspecified atom stereocenters. The summed E-state index contributed by atoms with van der Waals surface area (Å²) in [6, 6.07) is 3.06. The van der Waals surface area contributed by atoms with Gasteiger partial charge in [-0.15, -0.1) is 0 Å². The van der Waals surface area contributed by atoms with Gasteiger partial charge in [0.25, 0.3) is 0 Å². The molecule has 3 rings (SSSR count). The van der Waals surface area contributed by atoms with E-state index in [1.807, 2.05) is 4.90 Å². The summed E-state index contributed by atoms with van der Waals surface area (Å²) >= 11 is 0. The van der Waals surface area contributed by atoms with Crippen molar-refractivity contribution < 1.29 is 18.3 Å². The molecule has 0 aliphatic carbocycles. The minimum Gasteiger partial charge on any atom is -0.462 e. The monoisotopic (exact) mass is 404 g/mol. The second-order valence-electron chi connectivity index (χ2n) is 6.72. The molecule has 154 valence electrons. The van der Waals surface area contributed by atoms with Crippen molar-refractivity contribution in [2.24, 2.45) is 0 Å². The van der Waals surface area contributed by atoms with Gasteiger partial charge < -0.3 is 14.2 Å². The van der Waals surface area contributed by atoms with Gasteiger partial charge in [0.1, 0.15) is 17.1 Å². The van der Waals surface area contributed by atoms with Gasteiger partial charge in [-0.25, -0.2) is 13.6 Å². The summed E-state index contributed by atoms with van der Waals surface area (Å²) < 4.78 is 36.7. The lowest BCUT2D eigenvalue weighted by atomic mass is 10.1. The number of carbonyl (C=O) groups is 1. The fourth-order valence-corrected chi connectivity index (χ4v) is 3.60. The topological polar surface area (TPSA) is 78.6 Å². The number of halogens is 2. The summed E-state index contributed by atoms with van der Waals surface area (Å²) in [6.45, 7) is 5.71. The van der Waals surface area contributed by atoms with Gasteiger partial charge in [0.2, 0.25) is 5.43 Å². The maximum Gasteiger partial charge on any atom is 0.343 e. The Bertz CT molecular complexity index is 1040. The Hall–Kier alpha value is -2.99. The van der Waals surface area contributed by atoms with Crippen LogP contribution in [-0.2, 0) is 11.3 Å². The average molecular weight is 404 g/mol. The van der Waals surface area contributed by atoms with Crippen LogP contribution in [0.2, 0.25) is 0 Å². The summed E-state index contributed by atoms with van der Waals surface area (Å²) in [5.41, 5.74) is -1.25. The lowest BCUT2D eigenvalue weighted by molar-refractivity contribution is 0.0524. The van der Waals surface area contributed by atoms with Crippen LogP contribution in [-0.4, -0.2) is 54.8 Å². The van der Waals surface area contributed by atoms with Crippen molar-refractivity contribution in [1.82, 2.24) is 9.47 Å². The Morgan fingerprint density at radius 1 is 1.24 bits per heavy atom. The number of nitriles is 1. The fourth-order valence-electron chi connectivity index (χ4n) is 3.60. The predicted molar refractivity (Wildman–Crippen MR) is 104 cm³/mol. The SMILES string of the molecule is CCOC(=O)c1cn(CC)c2c(F)c(N3CCN(CC#N)CC3)c(F)cc2c1=O. The van der Waals surface area contributed by atoms with Crippen LogP contribution in [0.3, 0.4) is 0 Å². The summed E-state index contributed by atoms with van der Waals surface area (Å²) in [5, 5.41) is 8.60. The van der Waals surface area contributed by atoms with Crippen LogP contribution in [0.4, 0.5) is 14.5 Å². The number of rotatable bonds is 5. The number of hydrogen-bond donors (Lipinski definition) is 0. The lowest BCUT2D eigenvalue weighted by Crippen LogP contribution is -2.47. The normalized spacial score (nSPS) is 14.8. The minimum absolute atomic E-state index is 0.0404. The first-order chi connectivity index (χ1) is 13.9. The van der Waals surface area contributed by atoms with Crippen LogP contribution in [0.15, 0.2) is 17.1 Å². The molecule has 0 radical (unpaired) electrons. The Morgan fingerprint density at radius 3 is 2.52 bits per heavy atom. The fraction of sp³-hybridized carbons (Fsp3) is 0.450. The molecule has 7 nitrogen and oxygen atoms in total. The molecule has 1 aromatic carbocycles. The zero-order chi connectivity index (χ0) is 21.1. The van der Waals surface area contributed by atoms with Gasteiger partial charge in [-0.1, -0.05) is 0 Å². The molecule has 0 bridgehead atoms. The van der Waals surface area contributed by atoms with E-state index in [9.17, 15) is 14.0 Å². The largest absolute Gasteiger partial charge is 0.462 e. The van der Waals surface area contributed by atoms with Crippen molar-refractivity contribution in [3.63, 3.8) is 0 Å². The van der Waals surface area contributed by atoms with Crippen LogP contribution < -0.4 is 10.3 Å². The van der Waals surface area contributed by atoms with Gasteiger partial charge in [-0.2, -0.15) is 5.26 Å². The summed E-state index contributed by atoms with van der Waals surface area (Å²) in [7, 11) is 0. The summed E-state index contributed by atoms with van der Waals surface area (Å²) in [4.78, 5) is 28.3. The Balaban J connectivity index is 2.12. The van der Waals surface area contributed by atoms with Crippen molar-refractivity contribution in [1.29, 1.82) is 5.26 Å². The van der Waals surface area contributed by atoms with E-state index >= 15 is 4.39 Å². The molecule has 0 saturated carbocycles. The number of aromatic nitrogens is 1. The van der Waals surface area contributed by atoms with Crippen molar-refractivity contribution in [3.8, 4) is 6.07 Å². The second-order valence-corrected chi connectivity index (χ2v) is 6.72. The van der Waals surface area contributed by atoms with E-state index in [1.165, 1.54) is 10.8 Å². The highest BCUT2D eigenvalue weighted by Crippen LogP contribution is 2.30. The first kappa shape index (κ1) is 20.7. The van der Waals surface area contributed by atoms with Crippen LogP contribution >= 0.6 is 0 Å². The first-order valence-corrected chi connectivity index (χ1v) is 9.49. The highest BCUT2D eigenvalue weighted by molar-refractivity contribution is 5.94. The molecular weight excluding hydrogens is 382 g/mol. The maximum absolute atomic E-state index is 15.4. The van der Waals surface area contributed by atoms with E-state index < -0.39 is 23.0 Å². The molecule has 0 amide bonds. The Kier molecular flexibility index (Phi) is 6.13. The molecule has 1 aliphatic rings. The quantitative estimate of drug-likeness (QED) is 0.561. The van der Waals surface area contributed by atoms with Crippen molar-refractivity contribution in [2.45, 2.75) is 20.4 Å². The molecular formula is C20H22F2N4O3. The molecule has 1 saturated heterocycles. The standard InChI is InChI=1S/C20H22F2N4O3/c1-3-25-12-14(20(28)29-4-2)19(27)13-11-15(21)18(16(22)17(13)25)26-9-7-24(6-5-23)8-10-26/h11-12H,3-4,6-10H2,1-2H3. The van der Waals surface area contributed by atoms with Crippen molar-refractivity contribution in [3.05, 3.63) is 39.7 Å². The third kappa shape index (κ3) is 3.80. The van der Waals surface area contributed by atoms with Crippen LogP contribution in [0.25, 0.3) is 10.9 Å². The van der Waals surface area contributed by atoms with E-state index in [0.717, 1.165) is 6.07 Å². The Labute approximate surface area is 166 Å². The summed E-state index contributed by atoms with van der Waals surface area (Å²) in [5.74, 6) is -2.51. The molecule has 2 heterocycles. The van der Waals surface area contributed by atoms with E-state index in [4.69, 9.17) is 10.00 Å². The number of nitrogens with zero attached hydrogens (tertiary/aromatic N) is 4. The van der Waals surface area contributed by atoms with E-state index in [0.29, 0.717) is 26.2 Å². The maximum atomic E-state index is 15.4. The third-order valence-corrected chi connectivity index (χ3v) is 5.05. The number of ether oxygens (including phenoxy) is 1. The van der Waals surface area contributed by atoms with E-state index in [1.54, 1.807) is 18.7 Å².